The number of allylic oxidation sites excluding steroid dienone is 1. The fraction of sp³-hybridized carbons (Fsp3) is 0.545. The average Bonchev–Trinajstić information content (AvgIpc) is 3.34. The van der Waals surface area contributed by atoms with E-state index in [1.807, 2.05) is 12.1 Å². The number of hydrazine groups is 1. The van der Waals surface area contributed by atoms with E-state index in [4.69, 9.17) is 18.6 Å². The summed E-state index contributed by atoms with van der Waals surface area (Å²) < 4.78 is 22.4. The molecule has 0 aromatic carbocycles. The van der Waals surface area contributed by atoms with Crippen molar-refractivity contribution in [2.45, 2.75) is 12.8 Å². The Bertz CT molecular complexity index is 921. The zero-order valence-corrected chi connectivity index (χ0v) is 18.2. The van der Waals surface area contributed by atoms with E-state index in [2.05, 4.69) is 36.7 Å². The summed E-state index contributed by atoms with van der Waals surface area (Å²) in [6.45, 7) is 7.73. The van der Waals surface area contributed by atoms with Gasteiger partial charge in [0.2, 0.25) is 0 Å². The maximum atomic E-state index is 5.96. The molecule has 0 saturated carbocycles. The van der Waals surface area contributed by atoms with Gasteiger partial charge in [0.25, 0.3) is 0 Å². The average molecular weight is 443 g/mol. The van der Waals surface area contributed by atoms with Crippen LogP contribution in [-0.4, -0.2) is 80.6 Å². The van der Waals surface area contributed by atoms with Crippen LogP contribution in [0.5, 0.6) is 6.01 Å². The molecule has 4 heterocycles. The molecule has 5 rings (SSSR count). The van der Waals surface area contributed by atoms with Crippen molar-refractivity contribution in [2.75, 3.05) is 76.1 Å². The van der Waals surface area contributed by atoms with E-state index < -0.39 is 0 Å². The Morgan fingerprint density at radius 3 is 2.66 bits per heavy atom. The van der Waals surface area contributed by atoms with E-state index in [1.165, 1.54) is 0 Å². The van der Waals surface area contributed by atoms with Gasteiger partial charge in [-0.25, -0.2) is 0 Å². The quantitative estimate of drug-likeness (QED) is 0.586. The SMILES string of the molecule is C1=C(NNc2cc(N3CCOCC3)nc(OCCN3CCOCC3)n2)c2ccoc2CC1. The topological polar surface area (TPSA) is 97.2 Å². The lowest BCUT2D eigenvalue weighted by molar-refractivity contribution is 0.0317. The van der Waals surface area contributed by atoms with Crippen molar-refractivity contribution in [3.63, 3.8) is 0 Å². The number of nitrogens with one attached hydrogen (secondary N) is 2. The van der Waals surface area contributed by atoms with Crippen LogP contribution in [-0.2, 0) is 15.9 Å². The van der Waals surface area contributed by atoms with Gasteiger partial charge >= 0.3 is 6.01 Å². The van der Waals surface area contributed by atoms with Crippen molar-refractivity contribution in [3.05, 3.63) is 35.8 Å². The van der Waals surface area contributed by atoms with Crippen LogP contribution in [0.4, 0.5) is 11.6 Å². The van der Waals surface area contributed by atoms with Gasteiger partial charge in [0, 0.05) is 50.8 Å². The van der Waals surface area contributed by atoms with Crippen molar-refractivity contribution >= 4 is 17.3 Å². The predicted molar refractivity (Wildman–Crippen MR) is 120 cm³/mol. The van der Waals surface area contributed by atoms with Crippen LogP contribution in [0.3, 0.4) is 0 Å². The molecule has 172 valence electrons. The van der Waals surface area contributed by atoms with Gasteiger partial charge in [0.15, 0.2) is 5.82 Å². The van der Waals surface area contributed by atoms with E-state index in [9.17, 15) is 0 Å². The minimum absolute atomic E-state index is 0.369. The van der Waals surface area contributed by atoms with Crippen LogP contribution in [0.2, 0.25) is 0 Å². The molecule has 2 fully saturated rings. The lowest BCUT2D eigenvalue weighted by Gasteiger charge is -2.28. The van der Waals surface area contributed by atoms with Gasteiger partial charge < -0.3 is 23.5 Å². The summed E-state index contributed by atoms with van der Waals surface area (Å²) in [5.74, 6) is 2.48. The molecule has 0 atom stereocenters. The van der Waals surface area contributed by atoms with E-state index >= 15 is 0 Å². The van der Waals surface area contributed by atoms with Crippen molar-refractivity contribution < 1.29 is 18.6 Å². The number of ether oxygens (including phenoxy) is 3. The molecule has 10 nitrogen and oxygen atoms in total. The minimum atomic E-state index is 0.369. The van der Waals surface area contributed by atoms with Crippen LogP contribution in [0.1, 0.15) is 17.7 Å². The number of anilines is 2. The molecule has 0 unspecified atom stereocenters. The second-order valence-corrected chi connectivity index (χ2v) is 7.96. The number of aromatic nitrogens is 2. The molecule has 2 aromatic heterocycles. The summed E-state index contributed by atoms with van der Waals surface area (Å²) in [5.41, 5.74) is 8.58. The lowest BCUT2D eigenvalue weighted by Crippen LogP contribution is -2.39. The second-order valence-electron chi connectivity index (χ2n) is 7.96. The standard InChI is InChI=1S/C22H30N6O4/c1-2-18(17-4-10-31-19(17)3-1)25-26-20-16-21(28-8-13-30-14-9-28)24-22(23-20)32-15-7-27-5-11-29-12-6-27/h2,4,10,16,25H,1,3,5-9,11-15H2,(H,23,24,26). The molecule has 1 aliphatic carbocycles. The van der Waals surface area contributed by atoms with E-state index in [0.29, 0.717) is 31.6 Å². The monoisotopic (exact) mass is 442 g/mol. The van der Waals surface area contributed by atoms with Gasteiger partial charge in [-0.1, -0.05) is 6.08 Å². The molecule has 2 aliphatic heterocycles. The smallest absolute Gasteiger partial charge is 0.320 e. The summed E-state index contributed by atoms with van der Waals surface area (Å²) in [5, 5.41) is 0. The summed E-state index contributed by atoms with van der Waals surface area (Å²) in [6, 6.07) is 4.29. The summed E-state index contributed by atoms with van der Waals surface area (Å²) in [7, 11) is 0. The van der Waals surface area contributed by atoms with Crippen molar-refractivity contribution in [2.24, 2.45) is 0 Å². The first-order valence-electron chi connectivity index (χ1n) is 11.3. The highest BCUT2D eigenvalue weighted by Gasteiger charge is 2.18. The highest BCUT2D eigenvalue weighted by atomic mass is 16.5. The summed E-state index contributed by atoms with van der Waals surface area (Å²) >= 11 is 0. The molecule has 0 bridgehead atoms. The number of aryl methyl sites for hydroxylation is 1. The third kappa shape index (κ3) is 5.14. The highest BCUT2D eigenvalue weighted by Crippen LogP contribution is 2.26. The minimum Gasteiger partial charge on any atom is -0.469 e. The second kappa shape index (κ2) is 10.2. The lowest BCUT2D eigenvalue weighted by atomic mass is 10.0. The normalized spacial score (nSPS) is 19.2. The number of nitrogens with zero attached hydrogens (tertiary/aromatic N) is 4. The molecule has 3 aliphatic rings. The molecule has 0 amide bonds. The molecule has 2 N–H and O–H groups in total. The van der Waals surface area contributed by atoms with E-state index in [0.717, 1.165) is 81.6 Å². The molecule has 0 radical (unpaired) electrons. The van der Waals surface area contributed by atoms with Gasteiger partial charge in [0.1, 0.15) is 18.2 Å². The Balaban J connectivity index is 1.27. The fourth-order valence-electron chi connectivity index (χ4n) is 4.07. The summed E-state index contributed by atoms with van der Waals surface area (Å²) in [6.07, 6.45) is 5.74. The van der Waals surface area contributed by atoms with Gasteiger partial charge in [-0.2, -0.15) is 9.97 Å². The molecular formula is C22H30N6O4. The molecular weight excluding hydrogens is 412 g/mol. The molecule has 2 saturated heterocycles. The Morgan fingerprint density at radius 2 is 1.81 bits per heavy atom. The fourth-order valence-corrected chi connectivity index (χ4v) is 4.07. The van der Waals surface area contributed by atoms with Crippen molar-refractivity contribution in [3.8, 4) is 6.01 Å². The number of hydrogen-bond donors (Lipinski definition) is 2. The molecule has 2 aromatic rings. The third-order valence-electron chi connectivity index (χ3n) is 5.85. The Hall–Kier alpha value is -2.82. The number of furan rings is 1. The van der Waals surface area contributed by atoms with Crippen LogP contribution in [0.15, 0.2) is 28.9 Å². The van der Waals surface area contributed by atoms with Gasteiger partial charge in [-0.05, 0) is 12.5 Å². The zero-order valence-electron chi connectivity index (χ0n) is 18.2. The van der Waals surface area contributed by atoms with Gasteiger partial charge in [0.05, 0.1) is 38.4 Å². The van der Waals surface area contributed by atoms with E-state index in [-0.39, 0.29) is 0 Å². The Kier molecular flexibility index (Phi) is 6.71. The maximum absolute atomic E-state index is 5.96. The number of fused-ring (bicyclic) bond motifs is 1. The van der Waals surface area contributed by atoms with Gasteiger partial charge in [-0.15, -0.1) is 0 Å². The van der Waals surface area contributed by atoms with Crippen LogP contribution >= 0.6 is 0 Å². The van der Waals surface area contributed by atoms with Crippen LogP contribution < -0.4 is 20.5 Å². The number of rotatable bonds is 8. The van der Waals surface area contributed by atoms with Crippen LogP contribution in [0, 0.1) is 0 Å². The zero-order chi connectivity index (χ0) is 21.6. The first-order chi connectivity index (χ1) is 15.8. The van der Waals surface area contributed by atoms with Crippen LogP contribution in [0.25, 0.3) is 5.70 Å². The molecule has 0 spiro atoms. The highest BCUT2D eigenvalue weighted by molar-refractivity contribution is 5.68. The van der Waals surface area contributed by atoms with Crippen molar-refractivity contribution in [1.82, 2.24) is 20.3 Å². The predicted octanol–water partition coefficient (Wildman–Crippen LogP) is 1.52. The number of hydrogen-bond acceptors (Lipinski definition) is 10. The first-order valence-corrected chi connectivity index (χ1v) is 11.3. The Morgan fingerprint density at radius 1 is 1.00 bits per heavy atom. The van der Waals surface area contributed by atoms with E-state index in [1.54, 1.807) is 6.26 Å². The molecule has 10 heteroatoms. The molecule has 32 heavy (non-hydrogen) atoms. The maximum Gasteiger partial charge on any atom is 0.320 e. The number of morpholine rings is 2. The van der Waals surface area contributed by atoms with Gasteiger partial charge in [-0.3, -0.25) is 15.8 Å². The van der Waals surface area contributed by atoms with Crippen molar-refractivity contribution in [1.29, 1.82) is 0 Å². The third-order valence-corrected chi connectivity index (χ3v) is 5.85. The Labute approximate surface area is 187 Å². The first kappa shape index (κ1) is 21.0. The summed E-state index contributed by atoms with van der Waals surface area (Å²) in [4.78, 5) is 13.8. The largest absolute Gasteiger partial charge is 0.469 e.